The van der Waals surface area contributed by atoms with Crippen LogP contribution in [-0.2, 0) is 20.7 Å². The van der Waals surface area contributed by atoms with E-state index in [0.717, 1.165) is 5.56 Å². The Bertz CT molecular complexity index is 845. The van der Waals surface area contributed by atoms with Crippen molar-refractivity contribution in [2.45, 2.75) is 19.4 Å². The molecule has 1 N–H and O–H groups in total. The molecule has 0 saturated carbocycles. The molecule has 27 heavy (non-hydrogen) atoms. The van der Waals surface area contributed by atoms with E-state index < -0.39 is 18.0 Å². The molecular weight excluding hydrogens is 346 g/mol. The lowest BCUT2D eigenvalue weighted by atomic mass is 10.0. The summed E-state index contributed by atoms with van der Waals surface area (Å²) in [6, 6.07) is 12.5. The van der Waals surface area contributed by atoms with E-state index in [9.17, 15) is 14.4 Å². The van der Waals surface area contributed by atoms with Crippen LogP contribution in [0.2, 0.25) is 0 Å². The summed E-state index contributed by atoms with van der Waals surface area (Å²) in [6.07, 6.45) is 2.15. The van der Waals surface area contributed by atoms with Crippen molar-refractivity contribution >= 4 is 17.8 Å². The number of esters is 2. The minimum absolute atomic E-state index is 0.292. The molecule has 2 rings (SSSR count). The molecule has 0 heterocycles. The van der Waals surface area contributed by atoms with Crippen molar-refractivity contribution in [3.8, 4) is 5.75 Å². The average Bonchev–Trinajstić information content (AvgIpc) is 2.67. The number of benzene rings is 2. The Morgan fingerprint density at radius 2 is 1.85 bits per heavy atom. The number of carbonyl (C=O) groups is 3. The van der Waals surface area contributed by atoms with E-state index >= 15 is 0 Å². The summed E-state index contributed by atoms with van der Waals surface area (Å²) < 4.78 is 10.3. The third kappa shape index (κ3) is 5.28. The van der Waals surface area contributed by atoms with Gasteiger partial charge in [-0.25, -0.2) is 9.59 Å². The van der Waals surface area contributed by atoms with Crippen molar-refractivity contribution in [2.24, 2.45) is 0 Å². The van der Waals surface area contributed by atoms with Gasteiger partial charge in [0.15, 0.2) is 6.04 Å². The molecule has 0 fully saturated rings. The standard InChI is InChI=1S/C21H21NO5/c1-4-8-15-11-12-17(19(21(25)26-3)22-14(2)23)13-18(15)27-20(24)16-9-6-5-7-10-16/h4-7,9-13,19H,1,8H2,2-3H3,(H,22,23). The number of hydrogen-bond acceptors (Lipinski definition) is 5. The van der Waals surface area contributed by atoms with Crippen LogP contribution in [0.1, 0.15) is 34.5 Å². The normalized spacial score (nSPS) is 11.2. The van der Waals surface area contributed by atoms with Gasteiger partial charge in [-0.15, -0.1) is 6.58 Å². The van der Waals surface area contributed by atoms with E-state index in [1.54, 1.807) is 54.6 Å². The van der Waals surface area contributed by atoms with Crippen LogP contribution < -0.4 is 10.1 Å². The second kappa shape index (κ2) is 9.33. The predicted octanol–water partition coefficient (Wildman–Crippen LogP) is 2.98. The van der Waals surface area contributed by atoms with Crippen molar-refractivity contribution in [3.63, 3.8) is 0 Å². The Balaban J connectivity index is 2.40. The monoisotopic (exact) mass is 367 g/mol. The zero-order valence-electron chi connectivity index (χ0n) is 15.2. The topological polar surface area (TPSA) is 81.7 Å². The van der Waals surface area contributed by atoms with Crippen molar-refractivity contribution < 1.29 is 23.9 Å². The van der Waals surface area contributed by atoms with Crippen molar-refractivity contribution in [3.05, 3.63) is 77.9 Å². The summed E-state index contributed by atoms with van der Waals surface area (Å²) >= 11 is 0. The second-order valence-corrected chi connectivity index (χ2v) is 5.77. The van der Waals surface area contributed by atoms with Crippen LogP contribution >= 0.6 is 0 Å². The molecule has 0 bridgehead atoms. The summed E-state index contributed by atoms with van der Waals surface area (Å²) in [5, 5.41) is 2.54. The first-order chi connectivity index (χ1) is 13.0. The highest BCUT2D eigenvalue weighted by molar-refractivity contribution is 5.91. The minimum atomic E-state index is -1.00. The molecule has 6 nitrogen and oxygen atoms in total. The van der Waals surface area contributed by atoms with Gasteiger partial charge >= 0.3 is 11.9 Å². The van der Waals surface area contributed by atoms with E-state index in [2.05, 4.69) is 11.9 Å². The van der Waals surface area contributed by atoms with Gasteiger partial charge < -0.3 is 14.8 Å². The molecule has 0 radical (unpaired) electrons. The summed E-state index contributed by atoms with van der Waals surface area (Å²) in [4.78, 5) is 35.9. The molecule has 0 aromatic heterocycles. The average molecular weight is 367 g/mol. The number of allylic oxidation sites excluding steroid dienone is 1. The number of ether oxygens (including phenoxy) is 2. The maximum absolute atomic E-state index is 12.4. The quantitative estimate of drug-likeness (QED) is 0.462. The van der Waals surface area contributed by atoms with E-state index in [1.807, 2.05) is 0 Å². The fraction of sp³-hybridized carbons (Fsp3) is 0.190. The lowest BCUT2D eigenvalue weighted by Crippen LogP contribution is -2.33. The van der Waals surface area contributed by atoms with Crippen molar-refractivity contribution in [2.75, 3.05) is 7.11 Å². The maximum atomic E-state index is 12.4. The van der Waals surface area contributed by atoms with E-state index in [4.69, 9.17) is 9.47 Å². The van der Waals surface area contributed by atoms with Crippen LogP contribution in [0, 0.1) is 0 Å². The highest BCUT2D eigenvalue weighted by atomic mass is 16.5. The number of amides is 1. The Kier molecular flexibility index (Phi) is 6.88. The Labute approximate surface area is 157 Å². The van der Waals surface area contributed by atoms with Crippen LogP contribution in [0.4, 0.5) is 0 Å². The number of methoxy groups -OCH3 is 1. The first-order valence-corrected chi connectivity index (χ1v) is 8.32. The summed E-state index contributed by atoms with van der Waals surface area (Å²) in [5.74, 6) is -1.24. The zero-order chi connectivity index (χ0) is 19.8. The number of hydrogen-bond donors (Lipinski definition) is 1. The third-order valence-corrected chi connectivity index (χ3v) is 3.79. The molecule has 0 aliphatic heterocycles. The van der Waals surface area contributed by atoms with Gasteiger partial charge in [0, 0.05) is 6.92 Å². The predicted molar refractivity (Wildman–Crippen MR) is 100 cm³/mol. The summed E-state index contributed by atoms with van der Waals surface area (Å²) in [5.41, 5.74) is 1.57. The molecule has 1 atom stereocenters. The number of carbonyl (C=O) groups excluding carboxylic acids is 3. The van der Waals surface area contributed by atoms with Crippen LogP contribution in [0.5, 0.6) is 5.75 Å². The van der Waals surface area contributed by atoms with Gasteiger partial charge in [0.1, 0.15) is 5.75 Å². The van der Waals surface area contributed by atoms with Crippen LogP contribution in [0.3, 0.4) is 0 Å². The fourth-order valence-corrected chi connectivity index (χ4v) is 2.50. The van der Waals surface area contributed by atoms with Crippen LogP contribution in [-0.4, -0.2) is 25.0 Å². The van der Waals surface area contributed by atoms with Gasteiger partial charge in [0.2, 0.25) is 5.91 Å². The first-order valence-electron chi connectivity index (χ1n) is 8.32. The summed E-state index contributed by atoms with van der Waals surface area (Å²) in [7, 11) is 1.24. The SMILES string of the molecule is C=CCc1ccc(C(NC(C)=O)C(=O)OC)cc1OC(=O)c1ccccc1. The smallest absolute Gasteiger partial charge is 0.343 e. The molecule has 6 heteroatoms. The molecule has 140 valence electrons. The van der Waals surface area contributed by atoms with Crippen molar-refractivity contribution in [1.29, 1.82) is 0 Å². The fourth-order valence-electron chi connectivity index (χ4n) is 2.50. The van der Waals surface area contributed by atoms with Crippen LogP contribution in [0.25, 0.3) is 0 Å². The van der Waals surface area contributed by atoms with Crippen LogP contribution in [0.15, 0.2) is 61.2 Å². The Hall–Kier alpha value is -3.41. The molecule has 0 aliphatic carbocycles. The van der Waals surface area contributed by atoms with Gasteiger partial charge in [0.25, 0.3) is 0 Å². The van der Waals surface area contributed by atoms with Gasteiger partial charge in [-0.1, -0.05) is 36.4 Å². The molecule has 2 aromatic carbocycles. The Morgan fingerprint density at radius 3 is 2.44 bits per heavy atom. The molecule has 1 unspecified atom stereocenters. The number of nitrogens with one attached hydrogen (secondary N) is 1. The molecule has 2 aromatic rings. The lowest BCUT2D eigenvalue weighted by Gasteiger charge is -2.18. The van der Waals surface area contributed by atoms with E-state index in [-0.39, 0.29) is 5.91 Å². The van der Waals surface area contributed by atoms with E-state index in [0.29, 0.717) is 23.3 Å². The van der Waals surface area contributed by atoms with Gasteiger partial charge in [-0.05, 0) is 35.7 Å². The second-order valence-electron chi connectivity index (χ2n) is 5.77. The van der Waals surface area contributed by atoms with Gasteiger partial charge in [-0.2, -0.15) is 0 Å². The summed E-state index contributed by atoms with van der Waals surface area (Å²) in [6.45, 7) is 5.01. The van der Waals surface area contributed by atoms with Gasteiger partial charge in [-0.3, -0.25) is 4.79 Å². The largest absolute Gasteiger partial charge is 0.467 e. The first kappa shape index (κ1) is 19.9. The van der Waals surface area contributed by atoms with Gasteiger partial charge in [0.05, 0.1) is 12.7 Å². The molecule has 0 saturated heterocycles. The lowest BCUT2D eigenvalue weighted by molar-refractivity contribution is -0.145. The Morgan fingerprint density at radius 1 is 1.15 bits per heavy atom. The third-order valence-electron chi connectivity index (χ3n) is 3.79. The molecule has 0 aliphatic rings. The highest BCUT2D eigenvalue weighted by Crippen LogP contribution is 2.26. The highest BCUT2D eigenvalue weighted by Gasteiger charge is 2.24. The molecule has 1 amide bonds. The minimum Gasteiger partial charge on any atom is -0.467 e. The maximum Gasteiger partial charge on any atom is 0.343 e. The molecular formula is C21H21NO5. The van der Waals surface area contributed by atoms with E-state index in [1.165, 1.54) is 14.0 Å². The molecule has 0 spiro atoms. The van der Waals surface area contributed by atoms with Crippen molar-refractivity contribution in [1.82, 2.24) is 5.32 Å². The zero-order valence-corrected chi connectivity index (χ0v) is 15.2. The number of rotatable bonds is 7.